The maximum Gasteiger partial charge on any atom is 0.257 e. The van der Waals surface area contributed by atoms with Crippen LogP contribution in [0, 0.1) is 6.92 Å². The van der Waals surface area contributed by atoms with Crippen LogP contribution in [-0.2, 0) is 0 Å². The number of aromatic nitrogens is 1. The zero-order valence-corrected chi connectivity index (χ0v) is 19.0. The van der Waals surface area contributed by atoms with Gasteiger partial charge in [-0.3, -0.25) is 9.59 Å². The van der Waals surface area contributed by atoms with Crippen molar-refractivity contribution in [2.24, 2.45) is 0 Å². The minimum atomic E-state index is -0.159. The average Bonchev–Trinajstić information content (AvgIpc) is 3.10. The first-order valence-corrected chi connectivity index (χ1v) is 11.1. The molecule has 0 bridgehead atoms. The lowest BCUT2D eigenvalue weighted by Crippen LogP contribution is -2.35. The predicted octanol–water partition coefficient (Wildman–Crippen LogP) is 4.00. The number of nitrogens with zero attached hydrogens (tertiary/aromatic N) is 3. The molecule has 1 saturated heterocycles. The van der Waals surface area contributed by atoms with E-state index in [4.69, 9.17) is 4.74 Å². The van der Waals surface area contributed by atoms with Crippen molar-refractivity contribution in [3.8, 4) is 5.75 Å². The molecule has 1 aromatic heterocycles. The highest BCUT2D eigenvalue weighted by Crippen LogP contribution is 2.22. The van der Waals surface area contributed by atoms with E-state index in [-0.39, 0.29) is 11.8 Å². The molecule has 7 nitrogen and oxygen atoms in total. The van der Waals surface area contributed by atoms with Gasteiger partial charge in [-0.1, -0.05) is 29.8 Å². The first-order chi connectivity index (χ1) is 16.0. The SMILES string of the molecule is COc1ccccc1C(=O)N1CCCN(c2ccc(NC(=O)c3cccc(C)c3)cn2)CC1. The van der Waals surface area contributed by atoms with Gasteiger partial charge >= 0.3 is 0 Å². The molecule has 2 aromatic carbocycles. The van der Waals surface area contributed by atoms with Crippen molar-refractivity contribution in [3.05, 3.63) is 83.6 Å². The molecule has 4 rings (SSSR count). The number of anilines is 2. The molecule has 1 aliphatic heterocycles. The van der Waals surface area contributed by atoms with E-state index in [0.29, 0.717) is 42.2 Å². The number of pyridine rings is 1. The van der Waals surface area contributed by atoms with Crippen LogP contribution in [0.15, 0.2) is 66.9 Å². The summed E-state index contributed by atoms with van der Waals surface area (Å²) < 4.78 is 5.35. The number of para-hydroxylation sites is 1. The Morgan fingerprint density at radius 1 is 0.970 bits per heavy atom. The molecule has 1 fully saturated rings. The molecule has 3 aromatic rings. The number of aryl methyl sites for hydroxylation is 1. The number of ether oxygens (including phenoxy) is 1. The fourth-order valence-corrected chi connectivity index (χ4v) is 3.98. The fraction of sp³-hybridized carbons (Fsp3) is 0.269. The quantitative estimate of drug-likeness (QED) is 0.644. The number of methoxy groups -OCH3 is 1. The second-order valence-corrected chi connectivity index (χ2v) is 8.06. The van der Waals surface area contributed by atoms with E-state index < -0.39 is 0 Å². The maximum atomic E-state index is 13.0. The van der Waals surface area contributed by atoms with Gasteiger partial charge < -0.3 is 19.9 Å². The summed E-state index contributed by atoms with van der Waals surface area (Å²) in [7, 11) is 1.58. The van der Waals surface area contributed by atoms with Gasteiger partial charge in [-0.15, -0.1) is 0 Å². The van der Waals surface area contributed by atoms with Gasteiger partial charge in [0.05, 0.1) is 24.6 Å². The molecular formula is C26H28N4O3. The zero-order valence-electron chi connectivity index (χ0n) is 19.0. The van der Waals surface area contributed by atoms with Crippen LogP contribution in [0.4, 0.5) is 11.5 Å². The van der Waals surface area contributed by atoms with Gasteiger partial charge in [0.1, 0.15) is 11.6 Å². The molecular weight excluding hydrogens is 416 g/mol. The highest BCUT2D eigenvalue weighted by Gasteiger charge is 2.23. The minimum Gasteiger partial charge on any atom is -0.496 e. The number of nitrogens with one attached hydrogen (secondary N) is 1. The zero-order chi connectivity index (χ0) is 23.2. The number of carbonyl (C=O) groups excluding carboxylic acids is 2. The molecule has 2 amide bonds. The van der Waals surface area contributed by atoms with E-state index in [1.807, 2.05) is 54.3 Å². The summed E-state index contributed by atoms with van der Waals surface area (Å²) in [6.07, 6.45) is 2.51. The Morgan fingerprint density at radius 2 is 1.82 bits per heavy atom. The molecule has 0 unspecified atom stereocenters. The van der Waals surface area contributed by atoms with Gasteiger partial charge in [0.15, 0.2) is 0 Å². The highest BCUT2D eigenvalue weighted by molar-refractivity contribution is 6.04. The van der Waals surface area contributed by atoms with Crippen LogP contribution in [0.3, 0.4) is 0 Å². The fourth-order valence-electron chi connectivity index (χ4n) is 3.98. The van der Waals surface area contributed by atoms with Crippen LogP contribution in [0.5, 0.6) is 5.75 Å². The number of rotatable bonds is 5. The smallest absolute Gasteiger partial charge is 0.257 e. The first-order valence-electron chi connectivity index (χ1n) is 11.1. The third-order valence-electron chi connectivity index (χ3n) is 5.73. The molecule has 0 saturated carbocycles. The molecule has 170 valence electrons. The molecule has 33 heavy (non-hydrogen) atoms. The number of benzene rings is 2. The van der Waals surface area contributed by atoms with Crippen LogP contribution in [0.2, 0.25) is 0 Å². The van der Waals surface area contributed by atoms with Crippen LogP contribution < -0.4 is 15.0 Å². The summed E-state index contributed by atoms with van der Waals surface area (Å²) in [6, 6.07) is 18.6. The van der Waals surface area contributed by atoms with Gasteiger partial charge in [0.25, 0.3) is 11.8 Å². The Labute approximate surface area is 194 Å². The van der Waals surface area contributed by atoms with Crippen molar-refractivity contribution >= 4 is 23.3 Å². The summed E-state index contributed by atoms with van der Waals surface area (Å²) >= 11 is 0. The van der Waals surface area contributed by atoms with E-state index in [1.54, 1.807) is 31.5 Å². The van der Waals surface area contributed by atoms with Crippen molar-refractivity contribution in [2.75, 3.05) is 43.5 Å². The highest BCUT2D eigenvalue weighted by atomic mass is 16.5. The molecule has 1 N–H and O–H groups in total. The molecule has 0 aliphatic carbocycles. The van der Waals surface area contributed by atoms with Crippen LogP contribution in [-0.4, -0.2) is 55.0 Å². The summed E-state index contributed by atoms with van der Waals surface area (Å²) in [5, 5.41) is 2.89. The van der Waals surface area contributed by atoms with E-state index in [2.05, 4.69) is 15.2 Å². The number of amides is 2. The van der Waals surface area contributed by atoms with Crippen molar-refractivity contribution in [1.82, 2.24) is 9.88 Å². The Kier molecular flexibility index (Phi) is 6.88. The van der Waals surface area contributed by atoms with Crippen molar-refractivity contribution in [3.63, 3.8) is 0 Å². The van der Waals surface area contributed by atoms with Crippen molar-refractivity contribution in [1.29, 1.82) is 0 Å². The third kappa shape index (κ3) is 5.31. The normalized spacial score (nSPS) is 13.9. The lowest BCUT2D eigenvalue weighted by atomic mass is 10.1. The standard InChI is InChI=1S/C26H28N4O3/c1-19-7-5-8-20(17-19)25(31)28-21-11-12-24(27-18-21)29-13-6-14-30(16-15-29)26(32)22-9-3-4-10-23(22)33-2/h3-5,7-12,17-18H,6,13-16H2,1-2H3,(H,28,31). The molecule has 0 radical (unpaired) electrons. The summed E-state index contributed by atoms with van der Waals surface area (Å²) in [5.74, 6) is 1.24. The molecule has 2 heterocycles. The largest absolute Gasteiger partial charge is 0.496 e. The topological polar surface area (TPSA) is 74.8 Å². The van der Waals surface area contributed by atoms with Crippen LogP contribution in [0.25, 0.3) is 0 Å². The lowest BCUT2D eigenvalue weighted by molar-refractivity contribution is 0.0763. The number of carbonyl (C=O) groups is 2. The Hall–Kier alpha value is -3.87. The third-order valence-corrected chi connectivity index (χ3v) is 5.73. The van der Waals surface area contributed by atoms with Gasteiger partial charge in [0.2, 0.25) is 0 Å². The van der Waals surface area contributed by atoms with Crippen molar-refractivity contribution in [2.45, 2.75) is 13.3 Å². The Balaban J connectivity index is 1.38. The lowest BCUT2D eigenvalue weighted by Gasteiger charge is -2.23. The van der Waals surface area contributed by atoms with Crippen LogP contribution in [0.1, 0.15) is 32.7 Å². The number of hydrogen-bond donors (Lipinski definition) is 1. The second-order valence-electron chi connectivity index (χ2n) is 8.06. The molecule has 7 heteroatoms. The Bertz CT molecular complexity index is 1130. The summed E-state index contributed by atoms with van der Waals surface area (Å²) in [4.78, 5) is 34.1. The predicted molar refractivity (Wildman–Crippen MR) is 129 cm³/mol. The summed E-state index contributed by atoms with van der Waals surface area (Å²) in [6.45, 7) is 4.72. The van der Waals surface area contributed by atoms with E-state index in [0.717, 1.165) is 24.3 Å². The first kappa shape index (κ1) is 22.3. The molecule has 0 spiro atoms. The van der Waals surface area contributed by atoms with Crippen molar-refractivity contribution < 1.29 is 14.3 Å². The van der Waals surface area contributed by atoms with E-state index >= 15 is 0 Å². The maximum absolute atomic E-state index is 13.0. The Morgan fingerprint density at radius 3 is 2.58 bits per heavy atom. The summed E-state index contributed by atoms with van der Waals surface area (Å²) in [5.41, 5.74) is 2.88. The second kappa shape index (κ2) is 10.2. The average molecular weight is 445 g/mol. The van der Waals surface area contributed by atoms with E-state index in [1.165, 1.54) is 0 Å². The minimum absolute atomic E-state index is 0.0172. The molecule has 0 atom stereocenters. The van der Waals surface area contributed by atoms with E-state index in [9.17, 15) is 9.59 Å². The monoisotopic (exact) mass is 444 g/mol. The van der Waals surface area contributed by atoms with Gasteiger partial charge in [-0.05, 0) is 49.7 Å². The molecule has 1 aliphatic rings. The van der Waals surface area contributed by atoms with Crippen LogP contribution >= 0.6 is 0 Å². The number of hydrogen-bond acceptors (Lipinski definition) is 5. The van der Waals surface area contributed by atoms with Gasteiger partial charge in [-0.25, -0.2) is 4.98 Å². The van der Waals surface area contributed by atoms with Gasteiger partial charge in [-0.2, -0.15) is 0 Å². The van der Waals surface area contributed by atoms with Gasteiger partial charge in [0, 0.05) is 31.7 Å².